The van der Waals surface area contributed by atoms with Gasteiger partial charge in [-0.3, -0.25) is 4.79 Å². The SMILES string of the molecule is COC(=O)c1ccc(C(=O)Nc2ccc(S(=O)(=O)NCCc3ccccc3)cc2)cc1. The average Bonchev–Trinajstić information content (AvgIpc) is 2.79. The molecule has 0 aliphatic rings. The Morgan fingerprint density at radius 1 is 0.839 bits per heavy atom. The molecule has 2 N–H and O–H groups in total. The summed E-state index contributed by atoms with van der Waals surface area (Å²) >= 11 is 0. The number of nitrogens with one attached hydrogen (secondary N) is 2. The van der Waals surface area contributed by atoms with Crippen LogP contribution in [0.1, 0.15) is 26.3 Å². The van der Waals surface area contributed by atoms with Gasteiger partial charge in [0.2, 0.25) is 10.0 Å². The van der Waals surface area contributed by atoms with Crippen molar-refractivity contribution in [3.05, 3.63) is 95.6 Å². The molecule has 1 amide bonds. The van der Waals surface area contributed by atoms with Crippen molar-refractivity contribution in [2.24, 2.45) is 0 Å². The normalized spacial score (nSPS) is 11.0. The number of rotatable bonds is 8. The fourth-order valence-electron chi connectivity index (χ4n) is 2.85. The van der Waals surface area contributed by atoms with Gasteiger partial charge in [-0.05, 0) is 60.5 Å². The van der Waals surface area contributed by atoms with Crippen molar-refractivity contribution < 1.29 is 22.7 Å². The predicted octanol–water partition coefficient (Wildman–Crippen LogP) is 3.25. The van der Waals surface area contributed by atoms with E-state index in [9.17, 15) is 18.0 Å². The molecule has 0 atom stereocenters. The molecule has 3 rings (SSSR count). The number of benzene rings is 3. The molecule has 0 spiro atoms. The lowest BCUT2D eigenvalue weighted by Gasteiger charge is -2.09. The number of hydrogen-bond acceptors (Lipinski definition) is 5. The Morgan fingerprint density at radius 3 is 2.06 bits per heavy atom. The van der Waals surface area contributed by atoms with Gasteiger partial charge in [-0.15, -0.1) is 0 Å². The van der Waals surface area contributed by atoms with Crippen molar-refractivity contribution >= 4 is 27.6 Å². The van der Waals surface area contributed by atoms with E-state index in [0.717, 1.165) is 5.56 Å². The number of carbonyl (C=O) groups is 2. The van der Waals surface area contributed by atoms with Crippen LogP contribution in [-0.2, 0) is 21.2 Å². The second-order valence-electron chi connectivity index (χ2n) is 6.68. The zero-order valence-electron chi connectivity index (χ0n) is 16.9. The molecular weight excluding hydrogens is 416 g/mol. The summed E-state index contributed by atoms with van der Waals surface area (Å²) in [6, 6.07) is 21.5. The Labute approximate surface area is 181 Å². The van der Waals surface area contributed by atoms with Gasteiger partial charge in [0.15, 0.2) is 0 Å². The molecular formula is C23H22N2O5S. The first-order chi connectivity index (χ1) is 14.9. The highest BCUT2D eigenvalue weighted by molar-refractivity contribution is 7.89. The first-order valence-corrected chi connectivity index (χ1v) is 11.0. The minimum Gasteiger partial charge on any atom is -0.465 e. The molecule has 0 aromatic heterocycles. The minimum atomic E-state index is -3.65. The van der Waals surface area contributed by atoms with Crippen LogP contribution in [-0.4, -0.2) is 33.9 Å². The van der Waals surface area contributed by atoms with E-state index in [1.807, 2.05) is 30.3 Å². The summed E-state index contributed by atoms with van der Waals surface area (Å²) in [5.41, 5.74) is 2.19. The van der Waals surface area contributed by atoms with Gasteiger partial charge in [-0.2, -0.15) is 0 Å². The number of ether oxygens (including phenoxy) is 1. The molecule has 0 fully saturated rings. The van der Waals surface area contributed by atoms with Gasteiger partial charge in [0.05, 0.1) is 17.6 Å². The smallest absolute Gasteiger partial charge is 0.337 e. The van der Waals surface area contributed by atoms with E-state index in [1.54, 1.807) is 0 Å². The summed E-state index contributed by atoms with van der Waals surface area (Å²) in [6.45, 7) is 0.284. The Hall–Kier alpha value is -3.49. The summed E-state index contributed by atoms with van der Waals surface area (Å²) in [5.74, 6) is -0.867. The molecule has 31 heavy (non-hydrogen) atoms. The lowest BCUT2D eigenvalue weighted by Crippen LogP contribution is -2.26. The van der Waals surface area contributed by atoms with Gasteiger partial charge in [0.25, 0.3) is 5.91 Å². The van der Waals surface area contributed by atoms with E-state index in [1.165, 1.54) is 55.6 Å². The fourth-order valence-corrected chi connectivity index (χ4v) is 3.89. The number of amides is 1. The number of anilines is 1. The molecule has 0 aliphatic carbocycles. The van der Waals surface area contributed by atoms with Crippen molar-refractivity contribution in [3.8, 4) is 0 Å². The van der Waals surface area contributed by atoms with E-state index in [0.29, 0.717) is 23.2 Å². The third-order valence-corrected chi connectivity index (χ3v) is 6.02. The zero-order chi connectivity index (χ0) is 22.3. The van der Waals surface area contributed by atoms with Gasteiger partial charge >= 0.3 is 5.97 Å². The quantitative estimate of drug-likeness (QED) is 0.526. The van der Waals surface area contributed by atoms with E-state index in [4.69, 9.17) is 0 Å². The first-order valence-electron chi connectivity index (χ1n) is 9.52. The van der Waals surface area contributed by atoms with E-state index >= 15 is 0 Å². The van der Waals surface area contributed by atoms with Crippen LogP contribution in [0.15, 0.2) is 83.8 Å². The van der Waals surface area contributed by atoms with E-state index in [-0.39, 0.29) is 17.3 Å². The molecule has 0 aliphatic heterocycles. The fraction of sp³-hybridized carbons (Fsp3) is 0.130. The van der Waals surface area contributed by atoms with Crippen LogP contribution in [0.25, 0.3) is 0 Å². The van der Waals surface area contributed by atoms with Crippen LogP contribution >= 0.6 is 0 Å². The average molecular weight is 439 g/mol. The lowest BCUT2D eigenvalue weighted by atomic mass is 10.1. The molecule has 3 aromatic rings. The summed E-state index contributed by atoms with van der Waals surface area (Å²) in [6.07, 6.45) is 0.586. The highest BCUT2D eigenvalue weighted by Gasteiger charge is 2.14. The maximum Gasteiger partial charge on any atom is 0.337 e. The Bertz CT molecular complexity index is 1140. The molecule has 0 bridgehead atoms. The third-order valence-electron chi connectivity index (χ3n) is 4.54. The summed E-state index contributed by atoms with van der Waals surface area (Å²) in [5, 5.41) is 2.69. The van der Waals surface area contributed by atoms with E-state index < -0.39 is 16.0 Å². The molecule has 0 saturated carbocycles. The molecule has 3 aromatic carbocycles. The Kier molecular flexibility index (Phi) is 7.17. The van der Waals surface area contributed by atoms with Crippen LogP contribution in [0.5, 0.6) is 0 Å². The minimum absolute atomic E-state index is 0.112. The van der Waals surface area contributed by atoms with Crippen molar-refractivity contribution in [3.63, 3.8) is 0 Å². The highest BCUT2D eigenvalue weighted by Crippen LogP contribution is 2.16. The largest absolute Gasteiger partial charge is 0.465 e. The van der Waals surface area contributed by atoms with Crippen LogP contribution < -0.4 is 10.0 Å². The van der Waals surface area contributed by atoms with Gasteiger partial charge in [0.1, 0.15) is 0 Å². The van der Waals surface area contributed by atoms with Crippen LogP contribution in [0.2, 0.25) is 0 Å². The standard InChI is InChI=1S/C23H22N2O5S/c1-30-23(27)19-9-7-18(8-10-19)22(26)25-20-11-13-21(14-12-20)31(28,29)24-16-15-17-5-3-2-4-6-17/h2-14,24H,15-16H2,1H3,(H,25,26). The molecule has 160 valence electrons. The summed E-state index contributed by atoms with van der Waals surface area (Å²) in [7, 11) is -2.37. The van der Waals surface area contributed by atoms with Gasteiger partial charge in [-0.25, -0.2) is 17.9 Å². The Balaban J connectivity index is 1.58. The predicted molar refractivity (Wildman–Crippen MR) is 118 cm³/mol. The third kappa shape index (κ3) is 6.00. The van der Waals surface area contributed by atoms with Crippen molar-refractivity contribution in [2.45, 2.75) is 11.3 Å². The zero-order valence-corrected chi connectivity index (χ0v) is 17.7. The van der Waals surface area contributed by atoms with Crippen LogP contribution in [0.3, 0.4) is 0 Å². The molecule has 0 unspecified atom stereocenters. The topological polar surface area (TPSA) is 102 Å². The Morgan fingerprint density at radius 2 is 1.45 bits per heavy atom. The number of hydrogen-bond donors (Lipinski definition) is 2. The molecule has 0 radical (unpaired) electrons. The summed E-state index contributed by atoms with van der Waals surface area (Å²) in [4.78, 5) is 23.9. The number of sulfonamides is 1. The maximum absolute atomic E-state index is 12.5. The van der Waals surface area contributed by atoms with E-state index in [2.05, 4.69) is 14.8 Å². The maximum atomic E-state index is 12.5. The van der Waals surface area contributed by atoms with Gasteiger partial charge in [-0.1, -0.05) is 30.3 Å². The van der Waals surface area contributed by atoms with Crippen LogP contribution in [0, 0.1) is 0 Å². The highest BCUT2D eigenvalue weighted by atomic mass is 32.2. The van der Waals surface area contributed by atoms with Gasteiger partial charge < -0.3 is 10.1 Å². The molecule has 0 saturated heterocycles. The molecule has 8 heteroatoms. The second-order valence-corrected chi connectivity index (χ2v) is 8.45. The molecule has 7 nitrogen and oxygen atoms in total. The van der Waals surface area contributed by atoms with Crippen molar-refractivity contribution in [2.75, 3.05) is 19.0 Å². The lowest BCUT2D eigenvalue weighted by molar-refractivity contribution is 0.0600. The second kappa shape index (κ2) is 10.0. The van der Waals surface area contributed by atoms with Crippen molar-refractivity contribution in [1.82, 2.24) is 4.72 Å². The molecule has 0 heterocycles. The number of methoxy groups -OCH3 is 1. The number of carbonyl (C=O) groups excluding carboxylic acids is 2. The monoisotopic (exact) mass is 438 g/mol. The summed E-state index contributed by atoms with van der Waals surface area (Å²) < 4.78 is 32.1. The first kappa shape index (κ1) is 22.2. The number of esters is 1. The van der Waals surface area contributed by atoms with Crippen molar-refractivity contribution in [1.29, 1.82) is 0 Å². The van der Waals surface area contributed by atoms with Gasteiger partial charge in [0, 0.05) is 17.8 Å². The van der Waals surface area contributed by atoms with Crippen LogP contribution in [0.4, 0.5) is 5.69 Å².